The largest absolute Gasteiger partial charge is 0.534 e. The van der Waals surface area contributed by atoms with Gasteiger partial charge in [-0.3, -0.25) is 4.79 Å². The lowest BCUT2D eigenvalue weighted by molar-refractivity contribution is -0.137. The van der Waals surface area contributed by atoms with Crippen LogP contribution in [0.25, 0.3) is 0 Å². The van der Waals surface area contributed by atoms with E-state index < -0.39 is 27.3 Å². The minimum atomic E-state index is -5.72. The van der Waals surface area contributed by atoms with E-state index in [1.807, 2.05) is 0 Å². The first-order valence-electron chi connectivity index (χ1n) is 7.45. The van der Waals surface area contributed by atoms with Gasteiger partial charge in [-0.15, -0.1) is 0 Å². The number of carboxylic acid groups (broad SMARTS) is 1. The summed E-state index contributed by atoms with van der Waals surface area (Å²) in [6.07, 6.45) is 0.202. The number of halogens is 3. The predicted octanol–water partition coefficient (Wildman–Crippen LogP) is 3.72. The Labute approximate surface area is 148 Å². The van der Waals surface area contributed by atoms with Crippen LogP contribution in [0.4, 0.5) is 13.2 Å². The smallest absolute Gasteiger partial charge is 0.481 e. The molecule has 140 valence electrons. The van der Waals surface area contributed by atoms with Crippen molar-refractivity contribution in [3.05, 3.63) is 65.7 Å². The molecule has 0 heterocycles. The number of benzene rings is 2. The Balaban J connectivity index is 2.15. The quantitative estimate of drug-likeness (QED) is 0.578. The van der Waals surface area contributed by atoms with Crippen molar-refractivity contribution >= 4 is 16.1 Å². The zero-order valence-electron chi connectivity index (χ0n) is 13.3. The maximum absolute atomic E-state index is 12.3. The molecule has 0 aliphatic heterocycles. The van der Waals surface area contributed by atoms with Gasteiger partial charge in [0, 0.05) is 0 Å². The van der Waals surface area contributed by atoms with E-state index in [9.17, 15) is 26.4 Å². The number of rotatable bonds is 7. The molecule has 1 atom stereocenters. The van der Waals surface area contributed by atoms with Gasteiger partial charge in [0.05, 0.1) is 6.42 Å². The lowest BCUT2D eigenvalue weighted by Crippen LogP contribution is -2.28. The Morgan fingerprint density at radius 1 is 1.04 bits per heavy atom. The Hall–Kier alpha value is -2.55. The highest BCUT2D eigenvalue weighted by atomic mass is 32.2. The molecule has 0 aliphatic carbocycles. The van der Waals surface area contributed by atoms with Crippen LogP contribution in [0.2, 0.25) is 0 Å². The fourth-order valence-corrected chi connectivity index (χ4v) is 2.84. The third kappa shape index (κ3) is 5.22. The molecule has 0 spiro atoms. The van der Waals surface area contributed by atoms with Crippen molar-refractivity contribution in [3.63, 3.8) is 0 Å². The summed E-state index contributed by atoms with van der Waals surface area (Å²) in [7, 11) is -5.72. The second-order valence-corrected chi connectivity index (χ2v) is 7.07. The summed E-state index contributed by atoms with van der Waals surface area (Å²) in [6, 6.07) is 13.9. The SMILES string of the molecule is O=C(O)CC(Cc1ccc(OS(=O)(=O)C(F)(F)F)cc1)c1ccccc1. The van der Waals surface area contributed by atoms with E-state index in [0.717, 1.165) is 17.7 Å². The summed E-state index contributed by atoms with van der Waals surface area (Å²) < 4.78 is 62.9. The number of aliphatic carboxylic acids is 1. The average Bonchev–Trinajstić information content (AvgIpc) is 2.55. The molecule has 2 rings (SSSR count). The van der Waals surface area contributed by atoms with Crippen LogP contribution < -0.4 is 4.18 Å². The number of alkyl halides is 3. The van der Waals surface area contributed by atoms with Crippen LogP contribution in [0.5, 0.6) is 5.75 Å². The van der Waals surface area contributed by atoms with Gasteiger partial charge in [-0.25, -0.2) is 0 Å². The van der Waals surface area contributed by atoms with Crippen molar-refractivity contribution < 1.29 is 35.7 Å². The van der Waals surface area contributed by atoms with Gasteiger partial charge in [0.2, 0.25) is 0 Å². The second-order valence-electron chi connectivity index (χ2n) is 5.54. The number of hydrogen-bond donors (Lipinski definition) is 1. The normalized spacial score (nSPS) is 13.2. The van der Waals surface area contributed by atoms with Gasteiger partial charge in [-0.1, -0.05) is 42.5 Å². The molecule has 0 radical (unpaired) electrons. The molecule has 26 heavy (non-hydrogen) atoms. The van der Waals surface area contributed by atoms with Gasteiger partial charge in [-0.2, -0.15) is 21.6 Å². The lowest BCUT2D eigenvalue weighted by Gasteiger charge is -2.16. The summed E-state index contributed by atoms with van der Waals surface area (Å²) >= 11 is 0. The average molecular weight is 388 g/mol. The van der Waals surface area contributed by atoms with Crippen molar-refractivity contribution in [1.82, 2.24) is 0 Å². The van der Waals surface area contributed by atoms with Crippen molar-refractivity contribution in [1.29, 1.82) is 0 Å². The summed E-state index contributed by atoms with van der Waals surface area (Å²) in [5.41, 5.74) is -4.06. The molecule has 1 N–H and O–H groups in total. The van der Waals surface area contributed by atoms with Gasteiger partial charge in [0.15, 0.2) is 0 Å². The summed E-state index contributed by atoms with van der Waals surface area (Å²) in [5.74, 6) is -1.78. The minimum Gasteiger partial charge on any atom is -0.481 e. The van der Waals surface area contributed by atoms with Crippen LogP contribution in [-0.4, -0.2) is 25.0 Å². The number of carbonyl (C=O) groups is 1. The molecule has 2 aromatic rings. The maximum atomic E-state index is 12.3. The van der Waals surface area contributed by atoms with Crippen LogP contribution in [0.15, 0.2) is 54.6 Å². The van der Waals surface area contributed by atoms with E-state index in [0.29, 0.717) is 12.0 Å². The first-order chi connectivity index (χ1) is 12.1. The van der Waals surface area contributed by atoms with E-state index in [2.05, 4.69) is 4.18 Å². The van der Waals surface area contributed by atoms with Gasteiger partial charge in [0.1, 0.15) is 5.75 Å². The topological polar surface area (TPSA) is 80.7 Å². The van der Waals surface area contributed by atoms with E-state index >= 15 is 0 Å². The monoisotopic (exact) mass is 388 g/mol. The summed E-state index contributed by atoms with van der Waals surface area (Å²) in [6.45, 7) is 0. The zero-order chi connectivity index (χ0) is 19.4. The van der Waals surface area contributed by atoms with E-state index in [1.165, 1.54) is 12.1 Å². The molecule has 2 aromatic carbocycles. The van der Waals surface area contributed by atoms with Crippen molar-refractivity contribution in [3.8, 4) is 5.75 Å². The summed E-state index contributed by atoms with van der Waals surface area (Å²) in [4.78, 5) is 11.1. The van der Waals surface area contributed by atoms with E-state index in [-0.39, 0.29) is 12.3 Å². The molecule has 0 fully saturated rings. The second kappa shape index (κ2) is 7.77. The molecule has 9 heteroatoms. The van der Waals surface area contributed by atoms with Crippen LogP contribution in [0.3, 0.4) is 0 Å². The molecule has 0 saturated heterocycles. The fourth-order valence-electron chi connectivity index (χ4n) is 2.38. The standard InChI is InChI=1S/C17H15F3O5S/c18-17(19,20)26(23,24)25-15-8-6-12(7-9-15)10-14(11-16(21)22)13-4-2-1-3-5-13/h1-9,14H,10-11H2,(H,21,22). The minimum absolute atomic E-state index is 0.120. The van der Waals surface area contributed by atoms with Crippen LogP contribution in [-0.2, 0) is 21.3 Å². The van der Waals surface area contributed by atoms with E-state index in [4.69, 9.17) is 5.11 Å². The predicted molar refractivity (Wildman–Crippen MR) is 87.2 cm³/mol. The van der Waals surface area contributed by atoms with Gasteiger partial charge in [0.25, 0.3) is 0 Å². The Morgan fingerprint density at radius 2 is 1.62 bits per heavy atom. The highest BCUT2D eigenvalue weighted by molar-refractivity contribution is 7.88. The van der Waals surface area contributed by atoms with Gasteiger partial charge in [-0.05, 0) is 35.6 Å². The zero-order valence-corrected chi connectivity index (χ0v) is 14.1. The Kier molecular flexibility index (Phi) is 5.91. The molecular formula is C17H15F3O5S. The molecule has 5 nitrogen and oxygen atoms in total. The lowest BCUT2D eigenvalue weighted by atomic mass is 9.89. The third-order valence-electron chi connectivity index (χ3n) is 3.59. The molecule has 0 amide bonds. The fraction of sp³-hybridized carbons (Fsp3) is 0.235. The first-order valence-corrected chi connectivity index (χ1v) is 8.86. The molecule has 0 saturated carbocycles. The molecule has 1 unspecified atom stereocenters. The van der Waals surface area contributed by atoms with Gasteiger partial charge >= 0.3 is 21.6 Å². The Bertz CT molecular complexity index is 846. The number of hydrogen-bond acceptors (Lipinski definition) is 4. The van der Waals surface area contributed by atoms with Crippen LogP contribution >= 0.6 is 0 Å². The highest BCUT2D eigenvalue weighted by Crippen LogP contribution is 2.28. The maximum Gasteiger partial charge on any atom is 0.534 e. The molecule has 0 bridgehead atoms. The van der Waals surface area contributed by atoms with Crippen molar-refractivity contribution in [2.24, 2.45) is 0 Å². The van der Waals surface area contributed by atoms with Crippen molar-refractivity contribution in [2.75, 3.05) is 0 Å². The van der Waals surface area contributed by atoms with E-state index in [1.54, 1.807) is 30.3 Å². The Morgan fingerprint density at radius 3 is 2.12 bits per heavy atom. The first kappa shape index (κ1) is 19.8. The molecule has 0 aromatic heterocycles. The van der Waals surface area contributed by atoms with Crippen LogP contribution in [0.1, 0.15) is 23.5 Å². The highest BCUT2D eigenvalue weighted by Gasteiger charge is 2.48. The third-order valence-corrected chi connectivity index (χ3v) is 4.57. The molecule has 0 aliphatic rings. The van der Waals surface area contributed by atoms with Gasteiger partial charge < -0.3 is 9.29 Å². The van der Waals surface area contributed by atoms with Crippen LogP contribution in [0, 0.1) is 0 Å². The molecular weight excluding hydrogens is 373 g/mol. The summed E-state index contributed by atoms with van der Waals surface area (Å²) in [5, 5.41) is 9.08. The van der Waals surface area contributed by atoms with Crippen molar-refractivity contribution in [2.45, 2.75) is 24.3 Å². The number of carboxylic acids is 1.